The van der Waals surface area contributed by atoms with Crippen molar-refractivity contribution in [3.8, 4) is 5.75 Å². The summed E-state index contributed by atoms with van der Waals surface area (Å²) in [6.45, 7) is 0.722. The SMILES string of the molecule is O=C(O)CCCC/C=C(\CCc1ccccc1OCC1CCc2ccccc2C1)[C@@H]1CCCc2cc(C(=O)O)ccc21. The third kappa shape index (κ3) is 7.70. The lowest BCUT2D eigenvalue weighted by Gasteiger charge is -2.29. The number of benzene rings is 3. The zero-order valence-corrected chi connectivity index (χ0v) is 24.4. The van der Waals surface area contributed by atoms with Gasteiger partial charge in [-0.2, -0.15) is 0 Å². The number of hydrogen-bond donors (Lipinski definition) is 2. The molecule has 0 saturated carbocycles. The van der Waals surface area contributed by atoms with Crippen LogP contribution in [0.15, 0.2) is 78.4 Å². The first kappa shape index (κ1) is 29.6. The summed E-state index contributed by atoms with van der Waals surface area (Å²) in [6, 6.07) is 22.7. The van der Waals surface area contributed by atoms with Gasteiger partial charge in [-0.1, -0.05) is 60.2 Å². The number of allylic oxidation sites excluding steroid dienone is 2. The van der Waals surface area contributed by atoms with E-state index in [0.717, 1.165) is 82.1 Å². The fourth-order valence-electron chi connectivity index (χ4n) is 6.71. The Morgan fingerprint density at radius 1 is 0.857 bits per heavy atom. The summed E-state index contributed by atoms with van der Waals surface area (Å²) in [5, 5.41) is 18.5. The van der Waals surface area contributed by atoms with E-state index in [1.807, 2.05) is 18.2 Å². The van der Waals surface area contributed by atoms with Crippen molar-refractivity contribution >= 4 is 11.9 Å². The zero-order valence-electron chi connectivity index (χ0n) is 24.4. The third-order valence-electron chi connectivity index (χ3n) is 8.98. The molecule has 0 spiro atoms. The van der Waals surface area contributed by atoms with E-state index < -0.39 is 11.9 Å². The molecule has 5 rings (SSSR count). The van der Waals surface area contributed by atoms with Gasteiger partial charge < -0.3 is 14.9 Å². The predicted octanol–water partition coefficient (Wildman–Crippen LogP) is 8.19. The standard InChI is InChI=1S/C37H42O5/c38-36(39)16-3-1-2-10-28(33-14-8-13-31-24-32(37(40)41)21-22-34(31)33)19-20-29-11-6-7-15-35(29)42-25-26-17-18-27-9-4-5-12-30(27)23-26/h4-7,9-12,15,21-22,24,26,33H,1-3,8,13-14,16-20,23,25H2,(H,38,39)(H,40,41)/b28-10+/t26?,33-/m0/s1. The molecule has 2 atom stereocenters. The maximum Gasteiger partial charge on any atom is 0.335 e. The minimum atomic E-state index is -0.886. The molecule has 0 fully saturated rings. The summed E-state index contributed by atoms with van der Waals surface area (Å²) in [5.41, 5.74) is 8.23. The molecule has 2 N–H and O–H groups in total. The zero-order chi connectivity index (χ0) is 29.3. The number of aliphatic carboxylic acids is 1. The minimum absolute atomic E-state index is 0.199. The predicted molar refractivity (Wildman–Crippen MR) is 165 cm³/mol. The van der Waals surface area contributed by atoms with Crippen molar-refractivity contribution in [3.05, 3.63) is 112 Å². The Hall–Kier alpha value is -3.86. The van der Waals surface area contributed by atoms with Gasteiger partial charge >= 0.3 is 11.9 Å². The second kappa shape index (κ2) is 14.4. The fraction of sp³-hybridized carbons (Fsp3) is 0.405. The van der Waals surface area contributed by atoms with Gasteiger partial charge in [0.25, 0.3) is 0 Å². The highest BCUT2D eigenvalue weighted by atomic mass is 16.5. The number of para-hydroxylation sites is 1. The Morgan fingerprint density at radius 2 is 1.67 bits per heavy atom. The number of aromatic carboxylic acids is 1. The lowest BCUT2D eigenvalue weighted by Crippen LogP contribution is -2.21. The monoisotopic (exact) mass is 566 g/mol. The molecule has 220 valence electrons. The molecule has 5 nitrogen and oxygen atoms in total. The van der Waals surface area contributed by atoms with E-state index in [2.05, 4.69) is 48.5 Å². The number of carboxylic acid groups (broad SMARTS) is 2. The summed E-state index contributed by atoms with van der Waals surface area (Å²) < 4.78 is 6.47. The van der Waals surface area contributed by atoms with Crippen LogP contribution in [0.1, 0.15) is 95.5 Å². The van der Waals surface area contributed by atoms with E-state index in [0.29, 0.717) is 17.9 Å². The summed E-state index contributed by atoms with van der Waals surface area (Å²) in [6.07, 6.45) is 13.0. The van der Waals surface area contributed by atoms with Crippen molar-refractivity contribution < 1.29 is 24.5 Å². The highest BCUT2D eigenvalue weighted by Gasteiger charge is 2.25. The Balaban J connectivity index is 1.28. The van der Waals surface area contributed by atoms with Crippen LogP contribution < -0.4 is 4.74 Å². The van der Waals surface area contributed by atoms with E-state index in [-0.39, 0.29) is 12.3 Å². The largest absolute Gasteiger partial charge is 0.493 e. The molecule has 3 aromatic carbocycles. The summed E-state index contributed by atoms with van der Waals surface area (Å²) in [5.74, 6) is 0.106. The highest BCUT2D eigenvalue weighted by Crippen LogP contribution is 2.40. The molecule has 0 aromatic heterocycles. The topological polar surface area (TPSA) is 83.8 Å². The van der Waals surface area contributed by atoms with Gasteiger partial charge in [0.1, 0.15) is 5.75 Å². The lowest BCUT2D eigenvalue weighted by molar-refractivity contribution is -0.137. The van der Waals surface area contributed by atoms with Crippen LogP contribution in [-0.4, -0.2) is 28.8 Å². The molecule has 2 aliphatic carbocycles. The average Bonchev–Trinajstić information content (AvgIpc) is 3.01. The van der Waals surface area contributed by atoms with E-state index in [1.165, 1.54) is 27.8 Å². The van der Waals surface area contributed by atoms with Crippen LogP contribution in [-0.2, 0) is 30.5 Å². The number of fused-ring (bicyclic) bond motifs is 2. The molecule has 0 radical (unpaired) electrons. The van der Waals surface area contributed by atoms with Gasteiger partial charge in [0.15, 0.2) is 0 Å². The number of carbonyl (C=O) groups is 2. The molecule has 0 saturated heterocycles. The van der Waals surface area contributed by atoms with Gasteiger partial charge in [-0.25, -0.2) is 4.79 Å². The van der Waals surface area contributed by atoms with Crippen LogP contribution in [0.4, 0.5) is 0 Å². The van der Waals surface area contributed by atoms with E-state index >= 15 is 0 Å². The van der Waals surface area contributed by atoms with Gasteiger partial charge in [0.05, 0.1) is 12.2 Å². The molecule has 2 aliphatic rings. The maximum absolute atomic E-state index is 11.6. The van der Waals surface area contributed by atoms with Gasteiger partial charge in [-0.15, -0.1) is 0 Å². The molecule has 42 heavy (non-hydrogen) atoms. The van der Waals surface area contributed by atoms with Gasteiger partial charge in [0, 0.05) is 12.3 Å². The lowest BCUT2D eigenvalue weighted by atomic mass is 9.76. The first-order valence-corrected chi connectivity index (χ1v) is 15.5. The second-order valence-electron chi connectivity index (χ2n) is 11.9. The number of carboxylic acids is 2. The number of rotatable bonds is 13. The molecule has 0 bridgehead atoms. The molecule has 3 aromatic rings. The number of aryl methyl sites for hydroxylation is 3. The fourth-order valence-corrected chi connectivity index (χ4v) is 6.71. The van der Waals surface area contributed by atoms with E-state index in [4.69, 9.17) is 9.84 Å². The number of hydrogen-bond acceptors (Lipinski definition) is 3. The average molecular weight is 567 g/mol. The molecular formula is C37H42O5. The van der Waals surface area contributed by atoms with Crippen molar-refractivity contribution in [1.29, 1.82) is 0 Å². The van der Waals surface area contributed by atoms with Crippen molar-refractivity contribution in [1.82, 2.24) is 0 Å². The number of ether oxygens (including phenoxy) is 1. The maximum atomic E-state index is 11.6. The van der Waals surface area contributed by atoms with E-state index in [9.17, 15) is 14.7 Å². The molecular weight excluding hydrogens is 524 g/mol. The Kier molecular flexibility index (Phi) is 10.1. The van der Waals surface area contributed by atoms with Crippen molar-refractivity contribution in [2.45, 2.75) is 83.0 Å². The minimum Gasteiger partial charge on any atom is -0.493 e. The first-order chi connectivity index (χ1) is 20.5. The molecule has 0 heterocycles. The quantitative estimate of drug-likeness (QED) is 0.161. The van der Waals surface area contributed by atoms with Gasteiger partial charge in [-0.3, -0.25) is 4.79 Å². The molecule has 0 aliphatic heterocycles. The van der Waals surface area contributed by atoms with E-state index in [1.54, 1.807) is 6.07 Å². The molecule has 5 heteroatoms. The Morgan fingerprint density at radius 3 is 2.50 bits per heavy atom. The molecule has 0 amide bonds. The summed E-state index contributed by atoms with van der Waals surface area (Å²) in [4.78, 5) is 22.6. The van der Waals surface area contributed by atoms with Crippen LogP contribution in [0, 0.1) is 5.92 Å². The van der Waals surface area contributed by atoms with Crippen LogP contribution in [0.25, 0.3) is 0 Å². The van der Waals surface area contributed by atoms with Crippen LogP contribution in [0.3, 0.4) is 0 Å². The van der Waals surface area contributed by atoms with Crippen LogP contribution in [0.5, 0.6) is 5.75 Å². The summed E-state index contributed by atoms with van der Waals surface area (Å²) in [7, 11) is 0. The van der Waals surface area contributed by atoms with Crippen LogP contribution in [0.2, 0.25) is 0 Å². The Labute approximate surface area is 249 Å². The van der Waals surface area contributed by atoms with Crippen molar-refractivity contribution in [3.63, 3.8) is 0 Å². The van der Waals surface area contributed by atoms with Crippen molar-refractivity contribution in [2.75, 3.05) is 6.61 Å². The second-order valence-corrected chi connectivity index (χ2v) is 11.9. The van der Waals surface area contributed by atoms with Gasteiger partial charge in [0.2, 0.25) is 0 Å². The van der Waals surface area contributed by atoms with Gasteiger partial charge in [-0.05, 0) is 123 Å². The highest BCUT2D eigenvalue weighted by molar-refractivity contribution is 5.88. The summed E-state index contributed by atoms with van der Waals surface area (Å²) >= 11 is 0. The Bertz CT molecular complexity index is 1420. The first-order valence-electron chi connectivity index (χ1n) is 15.5. The van der Waals surface area contributed by atoms with Crippen LogP contribution >= 0.6 is 0 Å². The molecule has 1 unspecified atom stereocenters. The smallest absolute Gasteiger partial charge is 0.335 e. The number of unbranched alkanes of at least 4 members (excludes halogenated alkanes) is 2. The normalized spacial score (nSPS) is 18.1. The van der Waals surface area contributed by atoms with Crippen molar-refractivity contribution in [2.24, 2.45) is 5.92 Å². The third-order valence-corrected chi connectivity index (χ3v) is 8.98.